The summed E-state index contributed by atoms with van der Waals surface area (Å²) in [5.74, 6) is -1.34. The van der Waals surface area contributed by atoms with Crippen LogP contribution in [0.4, 0.5) is 10.5 Å². The minimum atomic E-state index is -1.03. The Morgan fingerprint density at radius 2 is 1.69 bits per heavy atom. The summed E-state index contributed by atoms with van der Waals surface area (Å²) < 4.78 is 5.44. The molecule has 0 atom stereocenters. The SMILES string of the molecule is Cc1cc(NC(=O)c2ccc(C(=O)O)cc2)ccc1C1=CCN(C(=O)OC(C)(C)C)CC1. The van der Waals surface area contributed by atoms with Crippen LogP contribution in [-0.4, -0.2) is 46.7 Å². The van der Waals surface area contributed by atoms with E-state index in [0.29, 0.717) is 24.3 Å². The molecule has 2 amide bonds. The van der Waals surface area contributed by atoms with Gasteiger partial charge >= 0.3 is 12.1 Å². The van der Waals surface area contributed by atoms with Gasteiger partial charge in [-0.05, 0) is 87.2 Å². The zero-order valence-corrected chi connectivity index (χ0v) is 18.8. The van der Waals surface area contributed by atoms with Gasteiger partial charge in [0.25, 0.3) is 5.91 Å². The molecule has 1 aliphatic heterocycles. The molecule has 7 nitrogen and oxygen atoms in total. The number of ether oxygens (including phenoxy) is 1. The van der Waals surface area contributed by atoms with Gasteiger partial charge in [0.05, 0.1) is 5.56 Å². The number of nitrogens with zero attached hydrogens (tertiary/aromatic N) is 1. The zero-order valence-electron chi connectivity index (χ0n) is 18.8. The van der Waals surface area contributed by atoms with E-state index in [-0.39, 0.29) is 17.6 Å². The van der Waals surface area contributed by atoms with Crippen LogP contribution in [0.15, 0.2) is 48.5 Å². The van der Waals surface area contributed by atoms with E-state index in [1.54, 1.807) is 4.90 Å². The summed E-state index contributed by atoms with van der Waals surface area (Å²) in [5, 5.41) is 11.8. The normalized spacial score (nSPS) is 13.9. The van der Waals surface area contributed by atoms with Crippen LogP contribution in [0.1, 0.15) is 59.0 Å². The molecule has 0 unspecified atom stereocenters. The minimum Gasteiger partial charge on any atom is -0.478 e. The largest absolute Gasteiger partial charge is 0.478 e. The van der Waals surface area contributed by atoms with Crippen molar-refractivity contribution in [1.82, 2.24) is 4.90 Å². The number of nitrogens with one attached hydrogen (secondary N) is 1. The van der Waals surface area contributed by atoms with E-state index in [4.69, 9.17) is 9.84 Å². The molecule has 0 saturated heterocycles. The molecule has 2 N–H and O–H groups in total. The predicted molar refractivity (Wildman–Crippen MR) is 123 cm³/mol. The first-order chi connectivity index (χ1) is 15.0. The molecule has 0 radical (unpaired) electrons. The number of benzene rings is 2. The Balaban J connectivity index is 1.66. The Kier molecular flexibility index (Phi) is 6.67. The fraction of sp³-hybridized carbons (Fsp3) is 0.320. The number of hydrogen-bond donors (Lipinski definition) is 2. The van der Waals surface area contributed by atoms with E-state index < -0.39 is 11.6 Å². The molecule has 0 fully saturated rings. The molecule has 32 heavy (non-hydrogen) atoms. The molecule has 2 aromatic rings. The number of anilines is 1. The first-order valence-corrected chi connectivity index (χ1v) is 10.5. The highest BCUT2D eigenvalue weighted by atomic mass is 16.6. The maximum atomic E-state index is 12.5. The molecule has 168 valence electrons. The van der Waals surface area contributed by atoms with Crippen molar-refractivity contribution in [2.75, 3.05) is 18.4 Å². The first kappa shape index (κ1) is 23.1. The van der Waals surface area contributed by atoms with Gasteiger partial charge in [-0.15, -0.1) is 0 Å². The second kappa shape index (κ2) is 9.26. The first-order valence-electron chi connectivity index (χ1n) is 10.5. The van der Waals surface area contributed by atoms with Crippen molar-refractivity contribution in [3.8, 4) is 0 Å². The van der Waals surface area contributed by atoms with Gasteiger partial charge in [-0.25, -0.2) is 9.59 Å². The minimum absolute atomic E-state index is 0.132. The monoisotopic (exact) mass is 436 g/mol. The second-order valence-electron chi connectivity index (χ2n) is 8.77. The van der Waals surface area contributed by atoms with Crippen LogP contribution < -0.4 is 5.32 Å². The maximum absolute atomic E-state index is 12.5. The summed E-state index contributed by atoms with van der Waals surface area (Å²) in [6.07, 6.45) is 2.46. The Hall–Kier alpha value is -3.61. The van der Waals surface area contributed by atoms with Crippen LogP contribution in [0.5, 0.6) is 0 Å². The molecule has 1 aliphatic rings. The average molecular weight is 437 g/mol. The maximum Gasteiger partial charge on any atom is 0.410 e. The van der Waals surface area contributed by atoms with E-state index in [9.17, 15) is 14.4 Å². The Bertz CT molecular complexity index is 1060. The summed E-state index contributed by atoms with van der Waals surface area (Å²) in [4.78, 5) is 37.4. The number of rotatable bonds is 4. The van der Waals surface area contributed by atoms with E-state index in [0.717, 1.165) is 23.1 Å². The van der Waals surface area contributed by atoms with Crippen molar-refractivity contribution in [2.24, 2.45) is 0 Å². The summed E-state index contributed by atoms with van der Waals surface area (Å²) in [5.41, 5.74) is 3.91. The number of carboxylic acids is 1. The van der Waals surface area contributed by atoms with E-state index in [1.807, 2.05) is 52.0 Å². The molecule has 3 rings (SSSR count). The van der Waals surface area contributed by atoms with E-state index in [1.165, 1.54) is 24.3 Å². The number of aryl methyl sites for hydroxylation is 1. The van der Waals surface area contributed by atoms with Crippen LogP contribution in [0.25, 0.3) is 5.57 Å². The van der Waals surface area contributed by atoms with Crippen LogP contribution in [0, 0.1) is 6.92 Å². The lowest BCUT2D eigenvalue weighted by atomic mass is 9.95. The molecule has 0 spiro atoms. The quantitative estimate of drug-likeness (QED) is 0.705. The fourth-order valence-electron chi connectivity index (χ4n) is 3.48. The molecule has 0 bridgehead atoms. The highest BCUT2D eigenvalue weighted by Crippen LogP contribution is 2.28. The third-order valence-corrected chi connectivity index (χ3v) is 5.09. The topological polar surface area (TPSA) is 95.9 Å². The Labute approximate surface area is 187 Å². The van der Waals surface area contributed by atoms with Crippen molar-refractivity contribution >= 4 is 29.2 Å². The van der Waals surface area contributed by atoms with Gasteiger partial charge < -0.3 is 20.1 Å². The van der Waals surface area contributed by atoms with Gasteiger partial charge in [-0.2, -0.15) is 0 Å². The summed E-state index contributed by atoms with van der Waals surface area (Å²) >= 11 is 0. The van der Waals surface area contributed by atoms with Crippen LogP contribution in [0.2, 0.25) is 0 Å². The number of amides is 2. The molecule has 7 heteroatoms. The van der Waals surface area contributed by atoms with Crippen molar-refractivity contribution in [1.29, 1.82) is 0 Å². The highest BCUT2D eigenvalue weighted by Gasteiger charge is 2.24. The number of aromatic carboxylic acids is 1. The molecular weight excluding hydrogens is 408 g/mol. The molecule has 2 aromatic carbocycles. The lowest BCUT2D eigenvalue weighted by Gasteiger charge is -2.30. The Morgan fingerprint density at radius 1 is 1.03 bits per heavy atom. The van der Waals surface area contributed by atoms with Crippen molar-refractivity contribution < 1.29 is 24.2 Å². The lowest BCUT2D eigenvalue weighted by Crippen LogP contribution is -2.39. The number of carbonyl (C=O) groups is 3. The van der Waals surface area contributed by atoms with Crippen molar-refractivity contribution in [2.45, 2.75) is 39.7 Å². The van der Waals surface area contributed by atoms with Gasteiger partial charge in [0.2, 0.25) is 0 Å². The van der Waals surface area contributed by atoms with Crippen LogP contribution in [-0.2, 0) is 4.74 Å². The third-order valence-electron chi connectivity index (χ3n) is 5.09. The predicted octanol–water partition coefficient (Wildman–Crippen LogP) is 4.97. The Morgan fingerprint density at radius 3 is 2.22 bits per heavy atom. The molecule has 0 aliphatic carbocycles. The average Bonchev–Trinajstić information content (AvgIpc) is 2.73. The smallest absolute Gasteiger partial charge is 0.410 e. The van der Waals surface area contributed by atoms with Gasteiger partial charge in [0.1, 0.15) is 5.60 Å². The van der Waals surface area contributed by atoms with Gasteiger partial charge in [0.15, 0.2) is 0 Å². The van der Waals surface area contributed by atoms with Gasteiger partial charge in [-0.3, -0.25) is 4.79 Å². The number of hydrogen-bond acceptors (Lipinski definition) is 4. The summed E-state index contributed by atoms with van der Waals surface area (Å²) in [6.45, 7) is 8.62. The standard InChI is InChI=1S/C25H28N2O5/c1-16-15-20(26-22(28)18-5-7-19(8-6-18)23(29)30)9-10-21(16)17-11-13-27(14-12-17)24(31)32-25(2,3)4/h5-11,15H,12-14H2,1-4H3,(H,26,28)(H,29,30). The van der Waals surface area contributed by atoms with Crippen molar-refractivity contribution in [3.63, 3.8) is 0 Å². The lowest BCUT2D eigenvalue weighted by molar-refractivity contribution is 0.0270. The third kappa shape index (κ3) is 5.75. The second-order valence-corrected chi connectivity index (χ2v) is 8.77. The van der Waals surface area contributed by atoms with Crippen LogP contribution >= 0.6 is 0 Å². The molecular formula is C25H28N2O5. The van der Waals surface area contributed by atoms with E-state index in [2.05, 4.69) is 5.32 Å². The molecule has 0 aromatic heterocycles. The van der Waals surface area contributed by atoms with E-state index >= 15 is 0 Å². The zero-order chi connectivity index (χ0) is 23.5. The van der Waals surface area contributed by atoms with Crippen LogP contribution in [0.3, 0.4) is 0 Å². The van der Waals surface area contributed by atoms with Gasteiger partial charge in [-0.1, -0.05) is 12.1 Å². The number of carbonyl (C=O) groups excluding carboxylic acids is 2. The summed E-state index contributed by atoms with van der Waals surface area (Å²) in [7, 11) is 0. The van der Waals surface area contributed by atoms with Gasteiger partial charge in [0, 0.05) is 24.3 Å². The molecule has 1 heterocycles. The number of carboxylic acid groups (broad SMARTS) is 1. The van der Waals surface area contributed by atoms with Crippen molar-refractivity contribution in [3.05, 3.63) is 70.8 Å². The molecule has 0 saturated carbocycles. The highest BCUT2D eigenvalue weighted by molar-refractivity contribution is 6.04. The fourth-order valence-corrected chi connectivity index (χ4v) is 3.48. The summed E-state index contributed by atoms with van der Waals surface area (Å²) in [6, 6.07) is 11.5.